The Hall–Kier alpha value is -2.56. The second-order valence-corrected chi connectivity index (χ2v) is 8.84. The third-order valence-electron chi connectivity index (χ3n) is 5.69. The van der Waals surface area contributed by atoms with Gasteiger partial charge in [-0.2, -0.15) is 5.10 Å². The first-order valence-corrected chi connectivity index (χ1v) is 10.2. The first kappa shape index (κ1) is 18.8. The molecular formula is C23H29N3O2. The summed E-state index contributed by atoms with van der Waals surface area (Å²) in [7, 11) is 0. The molecule has 2 atom stereocenters. The van der Waals surface area contributed by atoms with Crippen molar-refractivity contribution >= 4 is 11.7 Å². The number of amides is 1. The molecule has 4 rings (SSSR count). The maximum Gasteiger partial charge on any atom is 0.410 e. The number of ether oxygens (including phenoxy) is 1. The Balaban J connectivity index is 1.49. The molecule has 148 valence electrons. The Morgan fingerprint density at radius 1 is 1.21 bits per heavy atom. The Bertz CT molecular complexity index is 863. The van der Waals surface area contributed by atoms with Crippen molar-refractivity contribution in [2.45, 2.75) is 70.7 Å². The molecule has 0 N–H and O–H groups in total. The van der Waals surface area contributed by atoms with Gasteiger partial charge in [0.25, 0.3) is 0 Å². The van der Waals surface area contributed by atoms with Crippen LogP contribution in [0.5, 0.6) is 0 Å². The van der Waals surface area contributed by atoms with E-state index < -0.39 is 0 Å². The Morgan fingerprint density at radius 3 is 2.68 bits per heavy atom. The molecule has 2 unspecified atom stereocenters. The van der Waals surface area contributed by atoms with E-state index in [1.54, 1.807) is 0 Å². The largest absolute Gasteiger partial charge is 0.445 e. The van der Waals surface area contributed by atoms with Crippen LogP contribution in [-0.4, -0.2) is 32.9 Å². The highest BCUT2D eigenvalue weighted by molar-refractivity contribution is 5.74. The van der Waals surface area contributed by atoms with Crippen LogP contribution in [0.1, 0.15) is 57.6 Å². The fourth-order valence-corrected chi connectivity index (χ4v) is 4.18. The van der Waals surface area contributed by atoms with Gasteiger partial charge in [0.15, 0.2) is 0 Å². The molecule has 28 heavy (non-hydrogen) atoms. The quantitative estimate of drug-likeness (QED) is 0.755. The van der Waals surface area contributed by atoms with Crippen molar-refractivity contribution in [3.63, 3.8) is 0 Å². The highest BCUT2D eigenvalue weighted by Crippen LogP contribution is 2.37. The highest BCUT2D eigenvalue weighted by Gasteiger charge is 2.38. The maximum atomic E-state index is 12.8. The smallest absolute Gasteiger partial charge is 0.410 e. The molecule has 1 fully saturated rings. The summed E-state index contributed by atoms with van der Waals surface area (Å²) in [5.41, 5.74) is 3.46. The number of aromatic nitrogens is 2. The summed E-state index contributed by atoms with van der Waals surface area (Å²) >= 11 is 0. The normalized spacial score (nSPS) is 22.0. The predicted octanol–water partition coefficient (Wildman–Crippen LogP) is 4.99. The number of carbonyl (C=O) groups is 1. The minimum Gasteiger partial charge on any atom is -0.445 e. The third-order valence-corrected chi connectivity index (χ3v) is 5.69. The molecule has 5 heteroatoms. The number of piperidine rings is 1. The van der Waals surface area contributed by atoms with Crippen LogP contribution in [0, 0.1) is 0 Å². The topological polar surface area (TPSA) is 47.4 Å². The number of fused-ring (bicyclic) bond motifs is 2. The van der Waals surface area contributed by atoms with E-state index in [1.807, 2.05) is 46.1 Å². The monoisotopic (exact) mass is 379 g/mol. The van der Waals surface area contributed by atoms with Gasteiger partial charge in [-0.25, -0.2) is 4.79 Å². The molecule has 0 radical (unpaired) electrons. The molecule has 5 nitrogen and oxygen atoms in total. The zero-order chi connectivity index (χ0) is 19.7. The SMILES string of the molecule is CC(C)(C)n1cc(C2=CC3CCCC(C2)N3C(=O)OCc2ccccc2)cn1. The lowest BCUT2D eigenvalue weighted by atomic mass is 9.84. The van der Waals surface area contributed by atoms with Crippen molar-refractivity contribution < 1.29 is 9.53 Å². The van der Waals surface area contributed by atoms with Crippen molar-refractivity contribution in [3.05, 3.63) is 59.9 Å². The Morgan fingerprint density at radius 2 is 2.00 bits per heavy atom. The van der Waals surface area contributed by atoms with Gasteiger partial charge in [-0.1, -0.05) is 36.4 Å². The minimum absolute atomic E-state index is 0.0311. The van der Waals surface area contributed by atoms with Gasteiger partial charge in [0.2, 0.25) is 0 Å². The summed E-state index contributed by atoms with van der Waals surface area (Å²) < 4.78 is 7.65. The number of hydrogen-bond donors (Lipinski definition) is 0. The van der Waals surface area contributed by atoms with Crippen molar-refractivity contribution in [3.8, 4) is 0 Å². The third kappa shape index (κ3) is 3.84. The average molecular weight is 380 g/mol. The molecule has 1 aromatic heterocycles. The molecule has 0 spiro atoms. The Kier molecular flexibility index (Phi) is 5.00. The lowest BCUT2D eigenvalue weighted by Crippen LogP contribution is -2.51. The molecule has 2 aromatic rings. The number of rotatable bonds is 3. The van der Waals surface area contributed by atoms with Crippen LogP contribution in [-0.2, 0) is 16.9 Å². The summed E-state index contributed by atoms with van der Waals surface area (Å²) in [6, 6.07) is 10.2. The average Bonchev–Trinajstić information content (AvgIpc) is 3.16. The molecule has 0 aliphatic carbocycles. The van der Waals surface area contributed by atoms with E-state index in [-0.39, 0.29) is 23.7 Å². The van der Waals surface area contributed by atoms with Gasteiger partial charge >= 0.3 is 6.09 Å². The Labute approximate surface area is 167 Å². The van der Waals surface area contributed by atoms with Gasteiger partial charge in [-0.05, 0) is 57.6 Å². The van der Waals surface area contributed by atoms with Gasteiger partial charge in [0, 0.05) is 17.8 Å². The molecule has 2 aliphatic rings. The summed E-state index contributed by atoms with van der Waals surface area (Å²) in [5.74, 6) is 0. The summed E-state index contributed by atoms with van der Waals surface area (Å²) in [4.78, 5) is 14.8. The van der Waals surface area contributed by atoms with Crippen LogP contribution in [0.4, 0.5) is 4.79 Å². The molecule has 1 amide bonds. The van der Waals surface area contributed by atoms with Crippen molar-refractivity contribution in [2.24, 2.45) is 0 Å². The molecule has 0 saturated carbocycles. The predicted molar refractivity (Wildman–Crippen MR) is 110 cm³/mol. The van der Waals surface area contributed by atoms with E-state index in [2.05, 4.69) is 38.1 Å². The molecule has 1 aromatic carbocycles. The van der Waals surface area contributed by atoms with Gasteiger partial charge in [0.05, 0.1) is 17.8 Å². The molecule has 1 saturated heterocycles. The van der Waals surface area contributed by atoms with Crippen LogP contribution < -0.4 is 0 Å². The summed E-state index contributed by atoms with van der Waals surface area (Å²) in [6.45, 7) is 6.78. The second-order valence-electron chi connectivity index (χ2n) is 8.84. The highest BCUT2D eigenvalue weighted by atomic mass is 16.6. The number of benzene rings is 1. The molecule has 3 heterocycles. The van der Waals surface area contributed by atoms with Crippen LogP contribution >= 0.6 is 0 Å². The van der Waals surface area contributed by atoms with Crippen LogP contribution in [0.3, 0.4) is 0 Å². The van der Waals surface area contributed by atoms with E-state index in [0.29, 0.717) is 6.61 Å². The zero-order valence-corrected chi connectivity index (χ0v) is 17.0. The maximum absolute atomic E-state index is 12.8. The van der Waals surface area contributed by atoms with Crippen molar-refractivity contribution in [2.75, 3.05) is 0 Å². The second kappa shape index (κ2) is 7.46. The zero-order valence-electron chi connectivity index (χ0n) is 17.0. The van der Waals surface area contributed by atoms with Gasteiger partial charge in [-0.3, -0.25) is 9.58 Å². The summed E-state index contributed by atoms with van der Waals surface area (Å²) in [5, 5.41) is 4.54. The van der Waals surface area contributed by atoms with Crippen molar-refractivity contribution in [1.29, 1.82) is 0 Å². The van der Waals surface area contributed by atoms with E-state index in [4.69, 9.17) is 4.74 Å². The van der Waals surface area contributed by atoms with Gasteiger partial charge < -0.3 is 4.74 Å². The van der Waals surface area contributed by atoms with E-state index in [0.717, 1.165) is 31.2 Å². The number of nitrogens with zero attached hydrogens (tertiary/aromatic N) is 3. The summed E-state index contributed by atoms with van der Waals surface area (Å²) in [6.07, 6.45) is 10.2. The standard InChI is InChI=1S/C23H29N3O2/c1-23(2,3)25-15-19(14-24-25)18-12-20-10-7-11-21(13-18)26(20)22(27)28-16-17-8-5-4-6-9-17/h4-6,8-9,12,14-15,20-21H,7,10-11,13,16H2,1-3H3. The molecule has 2 bridgehead atoms. The van der Waals surface area contributed by atoms with Crippen molar-refractivity contribution in [1.82, 2.24) is 14.7 Å². The molecule has 2 aliphatic heterocycles. The fraction of sp³-hybridized carbons (Fsp3) is 0.478. The van der Waals surface area contributed by atoms with E-state index in [9.17, 15) is 4.79 Å². The lowest BCUT2D eigenvalue weighted by molar-refractivity contribution is 0.0510. The first-order valence-electron chi connectivity index (χ1n) is 10.2. The molecular weight excluding hydrogens is 350 g/mol. The fourth-order valence-electron chi connectivity index (χ4n) is 4.18. The lowest BCUT2D eigenvalue weighted by Gasteiger charge is -2.44. The van der Waals surface area contributed by atoms with E-state index >= 15 is 0 Å². The van der Waals surface area contributed by atoms with Crippen LogP contribution in [0.2, 0.25) is 0 Å². The van der Waals surface area contributed by atoms with Gasteiger partial charge in [0.1, 0.15) is 6.61 Å². The number of hydrogen-bond acceptors (Lipinski definition) is 3. The van der Waals surface area contributed by atoms with E-state index in [1.165, 1.54) is 11.1 Å². The van der Waals surface area contributed by atoms with Gasteiger partial charge in [-0.15, -0.1) is 0 Å². The van der Waals surface area contributed by atoms with Crippen LogP contribution in [0.25, 0.3) is 5.57 Å². The number of carbonyl (C=O) groups excluding carboxylic acids is 1. The first-order chi connectivity index (χ1) is 13.4. The minimum atomic E-state index is -0.195. The van der Waals surface area contributed by atoms with Crippen LogP contribution in [0.15, 0.2) is 48.8 Å².